The van der Waals surface area contributed by atoms with E-state index in [9.17, 15) is 9.65 Å². The van der Waals surface area contributed by atoms with Gasteiger partial charge in [0.2, 0.25) is 5.95 Å². The second-order valence-electron chi connectivity index (χ2n) is 5.62. The van der Waals surface area contributed by atoms with Gasteiger partial charge in [-0.1, -0.05) is 11.6 Å². The molecule has 0 unspecified atom stereocenters. The van der Waals surface area contributed by atoms with Gasteiger partial charge in [-0.2, -0.15) is 5.26 Å². The van der Waals surface area contributed by atoms with Gasteiger partial charge in [-0.3, -0.25) is 0 Å². The quantitative estimate of drug-likeness (QED) is 0.750. The van der Waals surface area contributed by atoms with Crippen molar-refractivity contribution in [2.24, 2.45) is 0 Å². The molecule has 3 aromatic rings. The average molecular weight is 354 g/mol. The van der Waals surface area contributed by atoms with Crippen molar-refractivity contribution in [1.29, 1.82) is 5.26 Å². The van der Waals surface area contributed by atoms with Crippen LogP contribution in [0.2, 0.25) is 5.02 Å². The first-order chi connectivity index (χ1) is 11.9. The van der Waals surface area contributed by atoms with E-state index < -0.39 is 5.82 Å². The Kier molecular flexibility index (Phi) is 4.34. The zero-order chi connectivity index (χ0) is 18.1. The Morgan fingerprint density at radius 2 is 1.64 bits per heavy atom. The van der Waals surface area contributed by atoms with Gasteiger partial charge in [-0.15, -0.1) is 10.2 Å². The second kappa shape index (κ2) is 6.46. The van der Waals surface area contributed by atoms with Gasteiger partial charge in [0.25, 0.3) is 0 Å². The van der Waals surface area contributed by atoms with Gasteiger partial charge in [0.15, 0.2) is 0 Å². The maximum Gasteiger partial charge on any atom is 0.240 e. The first kappa shape index (κ1) is 16.8. The molecule has 0 saturated carbocycles. The normalized spacial score (nSPS) is 10.5. The minimum absolute atomic E-state index is 0.0266. The Hall–Kier alpha value is -3.04. The lowest BCUT2D eigenvalue weighted by Crippen LogP contribution is -2.03. The summed E-state index contributed by atoms with van der Waals surface area (Å²) in [4.78, 5) is 4.22. The van der Waals surface area contributed by atoms with Crippen molar-refractivity contribution in [2.75, 3.05) is 5.73 Å². The molecule has 0 bridgehead atoms. The van der Waals surface area contributed by atoms with E-state index in [1.54, 1.807) is 6.07 Å². The van der Waals surface area contributed by atoms with E-state index in [1.165, 1.54) is 12.1 Å². The molecule has 0 spiro atoms. The second-order valence-corrected chi connectivity index (χ2v) is 6.06. The largest absolute Gasteiger partial charge is 0.366 e. The third kappa shape index (κ3) is 3.28. The van der Waals surface area contributed by atoms with Gasteiger partial charge >= 0.3 is 0 Å². The van der Waals surface area contributed by atoms with E-state index in [0.29, 0.717) is 28.1 Å². The number of halogens is 2. The van der Waals surface area contributed by atoms with Crippen molar-refractivity contribution >= 4 is 17.5 Å². The summed E-state index contributed by atoms with van der Waals surface area (Å²) in [6, 6.07) is 9.91. The number of nitrogens with two attached hydrogens (primary N) is 1. The predicted molar refractivity (Wildman–Crippen MR) is 94.3 cm³/mol. The molecule has 0 fully saturated rings. The lowest BCUT2D eigenvalue weighted by Gasteiger charge is -2.11. The molecule has 0 amide bonds. The molecule has 2 N–H and O–H groups in total. The summed E-state index contributed by atoms with van der Waals surface area (Å²) in [5, 5.41) is 17.4. The van der Waals surface area contributed by atoms with E-state index in [1.807, 2.05) is 26.0 Å². The molecular formula is C18H13ClFN5. The van der Waals surface area contributed by atoms with E-state index in [4.69, 9.17) is 17.3 Å². The summed E-state index contributed by atoms with van der Waals surface area (Å²) in [7, 11) is 0. The molecule has 0 saturated heterocycles. The summed E-state index contributed by atoms with van der Waals surface area (Å²) < 4.78 is 13.8. The monoisotopic (exact) mass is 353 g/mol. The molecule has 7 heteroatoms. The standard InChI is InChI=1S/C18H13ClFN5/c1-9-3-11(4-10(2)15(9)8-21)17-16(23-18(22)25-24-17)12-5-13(19)7-14(20)6-12/h3-7H,1-2H3,(H2,22,23,25). The Bertz CT molecular complexity index is 983. The fourth-order valence-electron chi connectivity index (χ4n) is 2.70. The highest BCUT2D eigenvalue weighted by Crippen LogP contribution is 2.32. The Labute approximate surface area is 148 Å². The number of aromatic nitrogens is 3. The maximum atomic E-state index is 13.8. The molecule has 2 aromatic carbocycles. The summed E-state index contributed by atoms with van der Waals surface area (Å²) in [5.74, 6) is -0.515. The minimum atomic E-state index is -0.488. The molecule has 0 atom stereocenters. The molecule has 0 radical (unpaired) electrons. The fourth-order valence-corrected chi connectivity index (χ4v) is 2.92. The molecule has 0 aliphatic rings. The van der Waals surface area contributed by atoms with Gasteiger partial charge in [-0.25, -0.2) is 9.37 Å². The number of benzene rings is 2. The van der Waals surface area contributed by atoms with Crippen molar-refractivity contribution < 1.29 is 4.39 Å². The van der Waals surface area contributed by atoms with E-state index >= 15 is 0 Å². The van der Waals surface area contributed by atoms with Gasteiger partial charge in [0.1, 0.15) is 17.2 Å². The van der Waals surface area contributed by atoms with Crippen molar-refractivity contribution in [3.05, 3.63) is 57.9 Å². The molecule has 3 rings (SSSR count). The highest BCUT2D eigenvalue weighted by atomic mass is 35.5. The van der Waals surface area contributed by atoms with Crippen LogP contribution >= 0.6 is 11.6 Å². The van der Waals surface area contributed by atoms with E-state index in [2.05, 4.69) is 21.3 Å². The third-order valence-corrected chi connectivity index (χ3v) is 3.98. The number of rotatable bonds is 2. The number of nitriles is 1. The van der Waals surface area contributed by atoms with Gasteiger partial charge in [-0.05, 0) is 55.3 Å². The first-order valence-corrected chi connectivity index (χ1v) is 7.75. The van der Waals surface area contributed by atoms with E-state index in [0.717, 1.165) is 11.1 Å². The number of nitrogens with zero attached hydrogens (tertiary/aromatic N) is 4. The average Bonchev–Trinajstić information content (AvgIpc) is 2.53. The minimum Gasteiger partial charge on any atom is -0.366 e. The van der Waals surface area contributed by atoms with Crippen LogP contribution in [0.4, 0.5) is 10.3 Å². The van der Waals surface area contributed by atoms with Crippen LogP contribution in [0.15, 0.2) is 30.3 Å². The van der Waals surface area contributed by atoms with Crippen LogP contribution < -0.4 is 5.73 Å². The van der Waals surface area contributed by atoms with Crippen molar-refractivity contribution in [1.82, 2.24) is 15.2 Å². The third-order valence-electron chi connectivity index (χ3n) is 3.76. The van der Waals surface area contributed by atoms with Gasteiger partial charge in [0, 0.05) is 16.1 Å². The van der Waals surface area contributed by atoms with Crippen LogP contribution in [0.3, 0.4) is 0 Å². The number of hydrogen-bond donors (Lipinski definition) is 1. The molecule has 124 valence electrons. The first-order valence-electron chi connectivity index (χ1n) is 7.37. The van der Waals surface area contributed by atoms with Crippen LogP contribution in [0, 0.1) is 31.0 Å². The number of nitrogen functional groups attached to an aromatic ring is 1. The smallest absolute Gasteiger partial charge is 0.240 e. The SMILES string of the molecule is Cc1cc(-c2nnc(N)nc2-c2cc(F)cc(Cl)c2)cc(C)c1C#N. The summed E-state index contributed by atoms with van der Waals surface area (Å²) >= 11 is 5.96. The maximum absolute atomic E-state index is 13.8. The van der Waals surface area contributed by atoms with Crippen LogP contribution in [-0.2, 0) is 0 Å². The molecule has 5 nitrogen and oxygen atoms in total. The highest BCUT2D eigenvalue weighted by molar-refractivity contribution is 6.30. The Morgan fingerprint density at radius 3 is 2.24 bits per heavy atom. The lowest BCUT2D eigenvalue weighted by molar-refractivity contribution is 0.628. The zero-order valence-electron chi connectivity index (χ0n) is 13.5. The number of anilines is 1. The molecule has 1 aromatic heterocycles. The predicted octanol–water partition coefficient (Wildman–Crippen LogP) is 4.07. The van der Waals surface area contributed by atoms with E-state index in [-0.39, 0.29) is 11.0 Å². The lowest BCUT2D eigenvalue weighted by atomic mass is 9.96. The van der Waals surface area contributed by atoms with Crippen LogP contribution in [0.25, 0.3) is 22.5 Å². The summed E-state index contributed by atoms with van der Waals surface area (Å²) in [6.45, 7) is 3.68. The van der Waals surface area contributed by atoms with Crippen LogP contribution in [0.5, 0.6) is 0 Å². The Morgan fingerprint density at radius 1 is 1.00 bits per heavy atom. The summed E-state index contributed by atoms with van der Waals surface area (Å²) in [5.41, 5.74) is 9.85. The van der Waals surface area contributed by atoms with Gasteiger partial charge < -0.3 is 5.73 Å². The van der Waals surface area contributed by atoms with Crippen molar-refractivity contribution in [3.8, 4) is 28.6 Å². The fraction of sp³-hybridized carbons (Fsp3) is 0.111. The zero-order valence-corrected chi connectivity index (χ0v) is 14.3. The van der Waals surface area contributed by atoms with Crippen molar-refractivity contribution in [2.45, 2.75) is 13.8 Å². The molecule has 1 heterocycles. The molecule has 0 aliphatic heterocycles. The van der Waals surface area contributed by atoms with Crippen LogP contribution in [0.1, 0.15) is 16.7 Å². The van der Waals surface area contributed by atoms with Crippen LogP contribution in [-0.4, -0.2) is 15.2 Å². The van der Waals surface area contributed by atoms with Crippen molar-refractivity contribution in [3.63, 3.8) is 0 Å². The summed E-state index contributed by atoms with van der Waals surface area (Å²) in [6.07, 6.45) is 0. The Balaban J connectivity index is 2.27. The molecular weight excluding hydrogens is 341 g/mol. The number of hydrogen-bond acceptors (Lipinski definition) is 5. The molecule has 0 aliphatic carbocycles. The number of aryl methyl sites for hydroxylation is 2. The van der Waals surface area contributed by atoms with Gasteiger partial charge in [0.05, 0.1) is 11.6 Å². The highest BCUT2D eigenvalue weighted by Gasteiger charge is 2.16. The molecule has 25 heavy (non-hydrogen) atoms. The topological polar surface area (TPSA) is 88.5 Å².